The van der Waals surface area contributed by atoms with Crippen molar-refractivity contribution in [2.75, 3.05) is 30.3 Å². The Morgan fingerprint density at radius 3 is 2.67 bits per heavy atom. The largest absolute Gasteiger partial charge is 0.396 e. The fourth-order valence-corrected chi connectivity index (χ4v) is 2.78. The van der Waals surface area contributed by atoms with Crippen molar-refractivity contribution in [3.63, 3.8) is 0 Å². The second-order valence-corrected chi connectivity index (χ2v) is 5.67. The maximum atomic E-state index is 12.4. The van der Waals surface area contributed by atoms with E-state index >= 15 is 0 Å². The Labute approximate surface area is 123 Å². The third kappa shape index (κ3) is 2.83. The Balaban J connectivity index is 2.48. The van der Waals surface area contributed by atoms with Gasteiger partial charge in [-0.05, 0) is 12.8 Å². The SMILES string of the molecule is CCCCn1c(N)c(N2CCC(CO)C2)c(=O)n(C)c1=O. The molecule has 1 aliphatic heterocycles. The van der Waals surface area contributed by atoms with Gasteiger partial charge in [-0.25, -0.2) is 4.79 Å². The van der Waals surface area contributed by atoms with Crippen LogP contribution in [0.2, 0.25) is 0 Å². The molecule has 0 saturated carbocycles. The number of anilines is 2. The lowest BCUT2D eigenvalue weighted by atomic mass is 10.1. The minimum absolute atomic E-state index is 0.103. The molecule has 118 valence electrons. The van der Waals surface area contributed by atoms with Crippen LogP contribution in [0.4, 0.5) is 11.5 Å². The molecule has 1 fully saturated rings. The van der Waals surface area contributed by atoms with Gasteiger partial charge in [0.2, 0.25) is 0 Å². The molecule has 3 N–H and O–H groups in total. The topological polar surface area (TPSA) is 93.5 Å². The summed E-state index contributed by atoms with van der Waals surface area (Å²) in [7, 11) is 1.48. The summed E-state index contributed by atoms with van der Waals surface area (Å²) in [5.41, 5.74) is 5.77. The van der Waals surface area contributed by atoms with Crippen molar-refractivity contribution in [3.8, 4) is 0 Å². The predicted molar refractivity (Wildman–Crippen MR) is 82.7 cm³/mol. The third-order valence-electron chi connectivity index (χ3n) is 4.15. The highest BCUT2D eigenvalue weighted by Gasteiger charge is 2.27. The molecule has 0 aromatic carbocycles. The molecule has 0 aliphatic carbocycles. The van der Waals surface area contributed by atoms with Crippen LogP contribution >= 0.6 is 0 Å². The number of hydrogen-bond donors (Lipinski definition) is 2. The first-order valence-corrected chi connectivity index (χ1v) is 7.46. The van der Waals surface area contributed by atoms with Crippen molar-refractivity contribution >= 4 is 11.5 Å². The summed E-state index contributed by atoms with van der Waals surface area (Å²) in [5, 5.41) is 9.24. The Kier molecular flexibility index (Phi) is 4.72. The standard InChI is InChI=1S/C14H24N4O3/c1-3-4-6-18-12(15)11(13(20)16(2)14(18)21)17-7-5-10(8-17)9-19/h10,19H,3-9,15H2,1-2H3. The Morgan fingerprint density at radius 1 is 1.38 bits per heavy atom. The molecule has 1 atom stereocenters. The highest BCUT2D eigenvalue weighted by molar-refractivity contribution is 5.63. The van der Waals surface area contributed by atoms with Crippen molar-refractivity contribution in [1.29, 1.82) is 0 Å². The summed E-state index contributed by atoms with van der Waals surface area (Å²) in [6.07, 6.45) is 2.61. The van der Waals surface area contributed by atoms with Crippen molar-refractivity contribution in [1.82, 2.24) is 9.13 Å². The number of nitrogen functional groups attached to an aromatic ring is 1. The van der Waals surface area contributed by atoms with Crippen molar-refractivity contribution in [3.05, 3.63) is 20.8 Å². The zero-order valence-electron chi connectivity index (χ0n) is 12.7. The van der Waals surface area contributed by atoms with E-state index in [0.29, 0.717) is 25.3 Å². The Bertz CT molecular complexity index is 620. The van der Waals surface area contributed by atoms with Gasteiger partial charge in [0.15, 0.2) is 0 Å². The van der Waals surface area contributed by atoms with Crippen LogP contribution in [-0.2, 0) is 13.6 Å². The van der Waals surface area contributed by atoms with Crippen LogP contribution in [0.15, 0.2) is 9.59 Å². The van der Waals surface area contributed by atoms with E-state index in [9.17, 15) is 14.7 Å². The van der Waals surface area contributed by atoms with Gasteiger partial charge in [0.25, 0.3) is 5.56 Å². The highest BCUT2D eigenvalue weighted by Crippen LogP contribution is 2.24. The minimum atomic E-state index is -0.368. The first-order chi connectivity index (χ1) is 10.0. The molecular weight excluding hydrogens is 272 g/mol. The molecule has 0 radical (unpaired) electrons. The van der Waals surface area contributed by atoms with Gasteiger partial charge in [-0.1, -0.05) is 13.3 Å². The van der Waals surface area contributed by atoms with Gasteiger partial charge in [-0.15, -0.1) is 0 Å². The molecule has 7 nitrogen and oxygen atoms in total. The van der Waals surface area contributed by atoms with E-state index in [-0.39, 0.29) is 29.6 Å². The lowest BCUT2D eigenvalue weighted by molar-refractivity contribution is 0.238. The number of unbranched alkanes of at least 4 members (excludes halogenated alkanes) is 1. The summed E-state index contributed by atoms with van der Waals surface area (Å²) >= 11 is 0. The van der Waals surface area contributed by atoms with Gasteiger partial charge >= 0.3 is 5.69 Å². The molecule has 21 heavy (non-hydrogen) atoms. The van der Waals surface area contributed by atoms with Crippen LogP contribution in [0.5, 0.6) is 0 Å². The number of hydrogen-bond acceptors (Lipinski definition) is 5. The maximum Gasteiger partial charge on any atom is 0.332 e. The molecule has 2 heterocycles. The number of nitrogens with two attached hydrogens (primary N) is 1. The van der Waals surface area contributed by atoms with E-state index in [0.717, 1.165) is 23.8 Å². The number of aliphatic hydroxyl groups excluding tert-OH is 1. The second-order valence-electron chi connectivity index (χ2n) is 5.67. The molecule has 0 amide bonds. The quantitative estimate of drug-likeness (QED) is 0.781. The maximum absolute atomic E-state index is 12.4. The fraction of sp³-hybridized carbons (Fsp3) is 0.714. The van der Waals surface area contributed by atoms with E-state index in [1.54, 1.807) is 0 Å². The van der Waals surface area contributed by atoms with Crippen LogP contribution in [0.1, 0.15) is 26.2 Å². The number of nitrogens with zero attached hydrogens (tertiary/aromatic N) is 3. The average molecular weight is 296 g/mol. The van der Waals surface area contributed by atoms with Crippen LogP contribution < -0.4 is 21.9 Å². The van der Waals surface area contributed by atoms with Gasteiger partial charge in [0, 0.05) is 39.2 Å². The van der Waals surface area contributed by atoms with Gasteiger partial charge in [-0.3, -0.25) is 13.9 Å². The molecule has 1 aromatic heterocycles. The number of rotatable bonds is 5. The van der Waals surface area contributed by atoms with E-state index in [1.165, 1.54) is 11.6 Å². The summed E-state index contributed by atoms with van der Waals surface area (Å²) in [6.45, 7) is 3.93. The molecule has 2 rings (SSSR count). The van der Waals surface area contributed by atoms with Crippen molar-refractivity contribution in [2.45, 2.75) is 32.7 Å². The van der Waals surface area contributed by atoms with Crippen molar-refractivity contribution < 1.29 is 5.11 Å². The van der Waals surface area contributed by atoms with E-state index in [4.69, 9.17) is 5.73 Å². The summed E-state index contributed by atoms with van der Waals surface area (Å²) in [4.78, 5) is 26.5. The van der Waals surface area contributed by atoms with Gasteiger partial charge in [0.05, 0.1) is 0 Å². The van der Waals surface area contributed by atoms with Crippen LogP contribution in [0.25, 0.3) is 0 Å². The zero-order valence-corrected chi connectivity index (χ0v) is 12.7. The predicted octanol–water partition coefficient (Wildman–Crippen LogP) is -0.252. The second kappa shape index (κ2) is 6.34. The van der Waals surface area contributed by atoms with Gasteiger partial charge < -0.3 is 15.7 Å². The molecular formula is C14H24N4O3. The third-order valence-corrected chi connectivity index (χ3v) is 4.15. The molecule has 1 saturated heterocycles. The van der Waals surface area contributed by atoms with E-state index in [2.05, 4.69) is 0 Å². The molecule has 1 aliphatic rings. The first kappa shape index (κ1) is 15.6. The van der Waals surface area contributed by atoms with Gasteiger partial charge in [-0.2, -0.15) is 0 Å². The Hall–Kier alpha value is -1.76. The molecule has 1 unspecified atom stereocenters. The number of aromatic nitrogens is 2. The van der Waals surface area contributed by atoms with Crippen LogP contribution in [-0.4, -0.2) is 33.9 Å². The molecule has 1 aromatic rings. The molecule has 7 heteroatoms. The normalized spacial score (nSPS) is 18.4. The Morgan fingerprint density at radius 2 is 2.10 bits per heavy atom. The lowest BCUT2D eigenvalue weighted by Gasteiger charge is -2.22. The van der Waals surface area contributed by atoms with E-state index < -0.39 is 0 Å². The average Bonchev–Trinajstić information content (AvgIpc) is 2.94. The fourth-order valence-electron chi connectivity index (χ4n) is 2.78. The van der Waals surface area contributed by atoms with E-state index in [1.807, 2.05) is 11.8 Å². The zero-order chi connectivity index (χ0) is 15.6. The van der Waals surface area contributed by atoms with Crippen LogP contribution in [0.3, 0.4) is 0 Å². The highest BCUT2D eigenvalue weighted by atomic mass is 16.3. The smallest absolute Gasteiger partial charge is 0.332 e. The molecule has 0 bridgehead atoms. The summed E-state index contributed by atoms with van der Waals surface area (Å²) in [6, 6.07) is 0. The first-order valence-electron chi connectivity index (χ1n) is 7.46. The monoisotopic (exact) mass is 296 g/mol. The summed E-state index contributed by atoms with van der Waals surface area (Å²) < 4.78 is 2.60. The van der Waals surface area contributed by atoms with Crippen LogP contribution in [0, 0.1) is 5.92 Å². The number of aliphatic hydroxyl groups is 1. The van der Waals surface area contributed by atoms with Crippen molar-refractivity contribution in [2.24, 2.45) is 13.0 Å². The molecule has 0 spiro atoms. The minimum Gasteiger partial charge on any atom is -0.396 e. The van der Waals surface area contributed by atoms with Gasteiger partial charge in [0.1, 0.15) is 11.5 Å². The summed E-state index contributed by atoms with van der Waals surface area (Å²) in [5.74, 6) is 0.403. The lowest BCUT2D eigenvalue weighted by Crippen LogP contribution is -2.43.